The summed E-state index contributed by atoms with van der Waals surface area (Å²) in [5.41, 5.74) is 2.31. The first-order chi connectivity index (χ1) is 16.9. The summed E-state index contributed by atoms with van der Waals surface area (Å²) in [6.45, 7) is 0.476. The lowest BCUT2D eigenvalue weighted by atomic mass is 10.1. The largest absolute Gasteiger partial charge is 0.497 e. The Bertz CT molecular complexity index is 1240. The number of ether oxygens (including phenoxy) is 1. The molecule has 1 N–H and O–H groups in total. The van der Waals surface area contributed by atoms with Gasteiger partial charge in [-0.1, -0.05) is 45.7 Å². The molecule has 3 aromatic carbocycles. The van der Waals surface area contributed by atoms with Gasteiger partial charge in [-0.05, 0) is 78.8 Å². The maximum atomic E-state index is 13.5. The minimum Gasteiger partial charge on any atom is -0.497 e. The van der Waals surface area contributed by atoms with E-state index in [0.717, 1.165) is 15.8 Å². The van der Waals surface area contributed by atoms with E-state index < -0.39 is 6.04 Å². The number of rotatable bonds is 8. The summed E-state index contributed by atoms with van der Waals surface area (Å²) in [6.07, 6.45) is 0.611. The van der Waals surface area contributed by atoms with Crippen molar-refractivity contribution in [2.45, 2.75) is 18.9 Å². The van der Waals surface area contributed by atoms with Gasteiger partial charge in [0.15, 0.2) is 5.11 Å². The number of nitrogens with one attached hydrogen (secondary N) is 1. The van der Waals surface area contributed by atoms with Crippen LogP contribution in [0, 0.1) is 0 Å². The number of thiocarbonyl (C=S) groups is 1. The van der Waals surface area contributed by atoms with Crippen LogP contribution in [0.5, 0.6) is 5.75 Å². The third-order valence-corrected chi connectivity index (χ3v) is 6.87. The van der Waals surface area contributed by atoms with Crippen LogP contribution in [0.2, 0.25) is 5.02 Å². The van der Waals surface area contributed by atoms with Gasteiger partial charge in [0.1, 0.15) is 11.8 Å². The predicted molar refractivity (Wildman–Crippen MR) is 146 cm³/mol. The molecule has 1 unspecified atom stereocenters. The van der Waals surface area contributed by atoms with E-state index in [1.807, 2.05) is 41.3 Å². The fourth-order valence-electron chi connectivity index (χ4n) is 3.90. The van der Waals surface area contributed by atoms with Gasteiger partial charge < -0.3 is 15.0 Å². The molecule has 1 aliphatic heterocycles. The molecule has 0 spiro atoms. The van der Waals surface area contributed by atoms with Gasteiger partial charge in [-0.3, -0.25) is 14.5 Å². The molecule has 0 bridgehead atoms. The van der Waals surface area contributed by atoms with E-state index in [-0.39, 0.29) is 18.2 Å². The molecule has 6 nitrogen and oxygen atoms in total. The molecular formula is C26H23BrClN3O3S. The number of anilines is 2. The molecule has 1 heterocycles. The number of amides is 2. The van der Waals surface area contributed by atoms with Gasteiger partial charge >= 0.3 is 0 Å². The van der Waals surface area contributed by atoms with Crippen LogP contribution in [0.1, 0.15) is 12.0 Å². The summed E-state index contributed by atoms with van der Waals surface area (Å²) in [5.74, 6) is 0.254. The fraction of sp³-hybridized carbons (Fsp3) is 0.192. The molecule has 3 aromatic rings. The van der Waals surface area contributed by atoms with E-state index in [0.29, 0.717) is 34.5 Å². The Labute approximate surface area is 222 Å². The van der Waals surface area contributed by atoms with Crippen LogP contribution in [-0.4, -0.2) is 41.5 Å². The van der Waals surface area contributed by atoms with Crippen LogP contribution >= 0.6 is 39.7 Å². The van der Waals surface area contributed by atoms with Crippen LogP contribution in [0.25, 0.3) is 0 Å². The lowest BCUT2D eigenvalue weighted by Gasteiger charge is -2.24. The number of carbonyl (C=O) groups is 2. The number of nitrogens with zero attached hydrogens (tertiary/aromatic N) is 2. The SMILES string of the molecule is COc1ccc(CCN2C(=S)N(c3cccc(Cl)c3)C(=O)C2CC(=O)Nc2ccc(Br)cc2)cc1. The van der Waals surface area contributed by atoms with Crippen molar-refractivity contribution in [3.63, 3.8) is 0 Å². The molecule has 0 aliphatic carbocycles. The standard InChI is InChI=1S/C26H23BrClN3O3S/c1-34-22-11-5-17(6-12-22)13-14-30-23(16-24(32)29-20-9-7-18(27)8-10-20)25(33)31(26(30)35)21-4-2-3-19(28)15-21/h2-12,15,23H,13-14,16H2,1H3,(H,29,32). The van der Waals surface area contributed by atoms with E-state index in [4.69, 9.17) is 28.6 Å². The molecule has 0 saturated carbocycles. The Hall–Kier alpha value is -2.94. The zero-order chi connectivity index (χ0) is 24.9. The Morgan fingerprint density at radius 2 is 1.83 bits per heavy atom. The monoisotopic (exact) mass is 571 g/mol. The maximum absolute atomic E-state index is 13.5. The number of carbonyl (C=O) groups excluding carboxylic acids is 2. The van der Waals surface area contributed by atoms with Crippen molar-refractivity contribution in [3.8, 4) is 5.75 Å². The fourth-order valence-corrected chi connectivity index (χ4v) is 4.77. The van der Waals surface area contributed by atoms with E-state index >= 15 is 0 Å². The van der Waals surface area contributed by atoms with Crippen molar-refractivity contribution in [1.82, 2.24) is 4.90 Å². The quantitative estimate of drug-likeness (QED) is 0.352. The number of hydrogen-bond acceptors (Lipinski definition) is 4. The van der Waals surface area contributed by atoms with Gasteiger partial charge in [0.2, 0.25) is 5.91 Å². The van der Waals surface area contributed by atoms with Crippen molar-refractivity contribution >= 4 is 68.1 Å². The van der Waals surface area contributed by atoms with Gasteiger partial charge in [0.05, 0.1) is 19.2 Å². The third kappa shape index (κ3) is 6.01. The molecule has 4 rings (SSSR count). The van der Waals surface area contributed by atoms with Gasteiger partial charge in [-0.2, -0.15) is 0 Å². The van der Waals surface area contributed by atoms with E-state index in [2.05, 4.69) is 21.2 Å². The third-order valence-electron chi connectivity index (χ3n) is 5.69. The molecule has 1 fully saturated rings. The van der Waals surface area contributed by atoms with Crippen molar-refractivity contribution in [3.05, 3.63) is 87.9 Å². The molecule has 0 aromatic heterocycles. The first-order valence-corrected chi connectivity index (χ1v) is 12.5. The average molecular weight is 573 g/mol. The summed E-state index contributed by atoms with van der Waals surface area (Å²) in [4.78, 5) is 29.7. The molecule has 1 saturated heterocycles. The lowest BCUT2D eigenvalue weighted by Crippen LogP contribution is -2.39. The topological polar surface area (TPSA) is 61.9 Å². The van der Waals surface area contributed by atoms with Crippen LogP contribution < -0.4 is 15.0 Å². The Kier molecular flexibility index (Phi) is 8.05. The summed E-state index contributed by atoms with van der Waals surface area (Å²) in [6, 6.07) is 21.3. The summed E-state index contributed by atoms with van der Waals surface area (Å²) in [5, 5.41) is 3.72. The van der Waals surface area contributed by atoms with Gasteiger partial charge in [0.25, 0.3) is 5.91 Å². The molecular weight excluding hydrogens is 550 g/mol. The first-order valence-electron chi connectivity index (χ1n) is 10.9. The smallest absolute Gasteiger partial charge is 0.256 e. The van der Waals surface area contributed by atoms with Gasteiger partial charge in [-0.25, -0.2) is 0 Å². The number of halogens is 2. The van der Waals surface area contributed by atoms with Crippen LogP contribution in [0.4, 0.5) is 11.4 Å². The minimum atomic E-state index is -0.727. The Morgan fingerprint density at radius 3 is 2.49 bits per heavy atom. The number of hydrogen-bond donors (Lipinski definition) is 1. The van der Waals surface area contributed by atoms with Crippen LogP contribution in [-0.2, 0) is 16.0 Å². The zero-order valence-corrected chi connectivity index (χ0v) is 22.1. The Balaban J connectivity index is 1.55. The number of methoxy groups -OCH3 is 1. The normalized spacial score (nSPS) is 15.5. The van der Waals surface area contributed by atoms with Gasteiger partial charge in [0, 0.05) is 21.7 Å². The maximum Gasteiger partial charge on any atom is 0.256 e. The van der Waals surface area contributed by atoms with Crippen molar-refractivity contribution < 1.29 is 14.3 Å². The predicted octanol–water partition coefficient (Wildman–Crippen LogP) is 5.68. The molecule has 2 amide bonds. The molecule has 1 atom stereocenters. The highest BCUT2D eigenvalue weighted by Gasteiger charge is 2.43. The average Bonchev–Trinajstić information content (AvgIpc) is 3.08. The molecule has 9 heteroatoms. The van der Waals surface area contributed by atoms with Crippen molar-refractivity contribution in [2.24, 2.45) is 0 Å². The second-order valence-corrected chi connectivity index (χ2v) is 9.72. The van der Waals surface area contributed by atoms with Crippen molar-refractivity contribution in [2.75, 3.05) is 23.9 Å². The second kappa shape index (κ2) is 11.2. The zero-order valence-electron chi connectivity index (χ0n) is 18.9. The van der Waals surface area contributed by atoms with Crippen LogP contribution in [0.15, 0.2) is 77.3 Å². The first kappa shape index (κ1) is 25.2. The van der Waals surface area contributed by atoms with Gasteiger partial charge in [-0.15, -0.1) is 0 Å². The number of benzene rings is 3. The molecule has 35 heavy (non-hydrogen) atoms. The molecule has 1 aliphatic rings. The summed E-state index contributed by atoms with van der Waals surface area (Å²) >= 11 is 15.3. The van der Waals surface area contributed by atoms with Crippen molar-refractivity contribution in [1.29, 1.82) is 0 Å². The summed E-state index contributed by atoms with van der Waals surface area (Å²) < 4.78 is 6.14. The second-order valence-electron chi connectivity index (χ2n) is 8.00. The highest BCUT2D eigenvalue weighted by molar-refractivity contribution is 9.10. The Morgan fingerprint density at radius 1 is 1.11 bits per heavy atom. The van der Waals surface area contributed by atoms with E-state index in [9.17, 15) is 9.59 Å². The molecule has 0 radical (unpaired) electrons. The molecule has 180 valence electrons. The van der Waals surface area contributed by atoms with E-state index in [1.165, 1.54) is 4.90 Å². The van der Waals surface area contributed by atoms with E-state index in [1.54, 1.807) is 43.5 Å². The highest BCUT2D eigenvalue weighted by atomic mass is 79.9. The lowest BCUT2D eigenvalue weighted by molar-refractivity contribution is -0.124. The minimum absolute atomic E-state index is 0.0330. The highest BCUT2D eigenvalue weighted by Crippen LogP contribution is 2.29. The van der Waals surface area contributed by atoms with Crippen LogP contribution in [0.3, 0.4) is 0 Å². The summed E-state index contributed by atoms with van der Waals surface area (Å²) in [7, 11) is 1.62.